The number of hydrazine groups is 1. The van der Waals surface area contributed by atoms with Gasteiger partial charge in [0.05, 0.1) is 11.6 Å². The monoisotopic (exact) mass is 398 g/mol. The maximum absolute atomic E-state index is 13.6. The number of hydrogen-bond donors (Lipinski definition) is 2. The lowest BCUT2D eigenvalue weighted by molar-refractivity contribution is -0.149. The largest absolute Gasteiger partial charge is 0.327 e. The van der Waals surface area contributed by atoms with Gasteiger partial charge in [0, 0.05) is 18.9 Å². The molecule has 0 spiro atoms. The third-order valence-corrected chi connectivity index (χ3v) is 5.05. The third kappa shape index (κ3) is 4.77. The van der Waals surface area contributed by atoms with E-state index in [4.69, 9.17) is 0 Å². The van der Waals surface area contributed by atoms with Crippen molar-refractivity contribution in [2.75, 3.05) is 6.54 Å². The van der Waals surface area contributed by atoms with E-state index < -0.39 is 17.7 Å². The van der Waals surface area contributed by atoms with Crippen LogP contribution in [0.25, 0.3) is 0 Å². The van der Waals surface area contributed by atoms with Crippen molar-refractivity contribution in [2.45, 2.75) is 32.7 Å². The smallest absolute Gasteiger partial charge is 0.327 e. The number of aromatic nitrogens is 1. The van der Waals surface area contributed by atoms with E-state index in [2.05, 4.69) is 15.8 Å². The van der Waals surface area contributed by atoms with E-state index in [9.17, 15) is 18.8 Å². The summed E-state index contributed by atoms with van der Waals surface area (Å²) in [7, 11) is 0. The third-order valence-electron chi connectivity index (χ3n) is 5.05. The molecule has 3 amide bonds. The lowest BCUT2D eigenvalue weighted by atomic mass is 9.89. The molecule has 1 aliphatic rings. The second kappa shape index (κ2) is 8.81. The number of carbonyl (C=O) groups excluding carboxylic acids is 3. The van der Waals surface area contributed by atoms with Gasteiger partial charge in [-0.1, -0.05) is 19.1 Å². The Morgan fingerprint density at radius 3 is 2.66 bits per heavy atom. The lowest BCUT2D eigenvalue weighted by Crippen LogP contribution is -2.52. The molecule has 8 heteroatoms. The van der Waals surface area contributed by atoms with Gasteiger partial charge in [-0.05, 0) is 55.0 Å². The Labute approximate surface area is 168 Å². The maximum Gasteiger partial charge on any atom is 0.327 e. The van der Waals surface area contributed by atoms with Crippen LogP contribution in [-0.4, -0.2) is 34.2 Å². The zero-order valence-electron chi connectivity index (χ0n) is 16.3. The van der Waals surface area contributed by atoms with Crippen molar-refractivity contribution in [3.05, 3.63) is 65.2 Å². The summed E-state index contributed by atoms with van der Waals surface area (Å²) in [5.74, 6) is -2.33. The number of nitrogens with one attached hydrogen (secondary N) is 2. The minimum absolute atomic E-state index is 0.231. The highest BCUT2D eigenvalue weighted by Crippen LogP contribution is 2.34. The van der Waals surface area contributed by atoms with Gasteiger partial charge in [-0.3, -0.25) is 30.2 Å². The van der Waals surface area contributed by atoms with Crippen molar-refractivity contribution in [1.29, 1.82) is 0 Å². The van der Waals surface area contributed by atoms with Crippen molar-refractivity contribution in [3.63, 3.8) is 0 Å². The van der Waals surface area contributed by atoms with E-state index in [-0.39, 0.29) is 23.3 Å². The van der Waals surface area contributed by atoms with Crippen molar-refractivity contribution in [1.82, 2.24) is 20.7 Å². The molecule has 152 valence electrons. The Kier molecular flexibility index (Phi) is 6.21. The zero-order valence-corrected chi connectivity index (χ0v) is 16.3. The second-order valence-electron chi connectivity index (χ2n) is 7.31. The summed E-state index contributed by atoms with van der Waals surface area (Å²) in [6.07, 6.45) is 4.44. The fourth-order valence-electron chi connectivity index (χ4n) is 3.47. The fourth-order valence-corrected chi connectivity index (χ4v) is 3.47. The quantitative estimate of drug-likeness (QED) is 0.600. The van der Waals surface area contributed by atoms with Gasteiger partial charge < -0.3 is 4.90 Å². The van der Waals surface area contributed by atoms with Crippen LogP contribution in [0.1, 0.15) is 47.3 Å². The summed E-state index contributed by atoms with van der Waals surface area (Å²) >= 11 is 0. The number of pyridine rings is 1. The predicted octanol–water partition coefficient (Wildman–Crippen LogP) is 2.29. The molecule has 2 aromatic rings. The first kappa shape index (κ1) is 20.4. The molecule has 1 aliphatic heterocycles. The predicted molar refractivity (Wildman–Crippen MR) is 104 cm³/mol. The van der Waals surface area contributed by atoms with Gasteiger partial charge in [-0.15, -0.1) is 0 Å². The van der Waals surface area contributed by atoms with E-state index in [0.29, 0.717) is 18.5 Å². The van der Waals surface area contributed by atoms with Gasteiger partial charge in [-0.2, -0.15) is 0 Å². The molecule has 3 rings (SSSR count). The Hall–Kier alpha value is -3.29. The SMILES string of the molecule is Cc1cc(C2CCC(C)CN2C(=O)C(=O)NNC(=O)c2cccnc2)ccc1F. The van der Waals surface area contributed by atoms with Crippen molar-refractivity contribution < 1.29 is 18.8 Å². The highest BCUT2D eigenvalue weighted by molar-refractivity contribution is 6.35. The van der Waals surface area contributed by atoms with Crippen LogP contribution < -0.4 is 10.9 Å². The van der Waals surface area contributed by atoms with Crippen LogP contribution in [0.2, 0.25) is 0 Å². The summed E-state index contributed by atoms with van der Waals surface area (Å²) in [6, 6.07) is 7.53. The number of rotatable bonds is 2. The highest BCUT2D eigenvalue weighted by Gasteiger charge is 2.34. The van der Waals surface area contributed by atoms with E-state index >= 15 is 0 Å². The molecule has 1 aromatic heterocycles. The molecule has 29 heavy (non-hydrogen) atoms. The molecule has 2 unspecified atom stereocenters. The van der Waals surface area contributed by atoms with Gasteiger partial charge in [0.15, 0.2) is 0 Å². The summed E-state index contributed by atoms with van der Waals surface area (Å²) in [4.78, 5) is 42.5. The lowest BCUT2D eigenvalue weighted by Gasteiger charge is -2.38. The highest BCUT2D eigenvalue weighted by atomic mass is 19.1. The number of hydrogen-bond acceptors (Lipinski definition) is 4. The van der Waals surface area contributed by atoms with Crippen molar-refractivity contribution in [2.24, 2.45) is 5.92 Å². The average molecular weight is 398 g/mol. The number of amides is 3. The van der Waals surface area contributed by atoms with Crippen LogP contribution in [0.3, 0.4) is 0 Å². The van der Waals surface area contributed by atoms with Crippen molar-refractivity contribution >= 4 is 17.7 Å². The van der Waals surface area contributed by atoms with Gasteiger partial charge >= 0.3 is 11.8 Å². The minimum atomic E-state index is -0.930. The van der Waals surface area contributed by atoms with Crippen LogP contribution in [0.5, 0.6) is 0 Å². The molecule has 0 radical (unpaired) electrons. The molecule has 2 atom stereocenters. The number of carbonyl (C=O) groups is 3. The maximum atomic E-state index is 13.6. The minimum Gasteiger partial charge on any atom is -0.327 e. The number of nitrogens with zero attached hydrogens (tertiary/aromatic N) is 2. The number of aryl methyl sites for hydroxylation is 1. The molecule has 2 N–H and O–H groups in total. The second-order valence-corrected chi connectivity index (χ2v) is 7.31. The fraction of sp³-hybridized carbons (Fsp3) is 0.333. The normalized spacial score (nSPS) is 18.8. The first-order valence-electron chi connectivity index (χ1n) is 9.44. The molecule has 7 nitrogen and oxygen atoms in total. The number of piperidine rings is 1. The number of halogens is 1. The Morgan fingerprint density at radius 1 is 1.17 bits per heavy atom. The first-order valence-corrected chi connectivity index (χ1v) is 9.44. The van der Waals surface area contributed by atoms with Crippen LogP contribution in [0, 0.1) is 18.7 Å². The van der Waals surface area contributed by atoms with E-state index in [0.717, 1.165) is 12.0 Å². The standard InChI is InChI=1S/C21H23FN4O3/c1-13-5-8-18(15-6-7-17(22)14(2)10-15)26(12-13)21(29)20(28)25-24-19(27)16-4-3-9-23-11-16/h3-4,6-7,9-11,13,18H,5,8,12H2,1-2H3,(H,24,27)(H,25,28). The average Bonchev–Trinajstić information content (AvgIpc) is 2.73. The molecular weight excluding hydrogens is 375 g/mol. The summed E-state index contributed by atoms with van der Waals surface area (Å²) < 4.78 is 13.6. The molecule has 1 saturated heterocycles. The summed E-state index contributed by atoms with van der Waals surface area (Å²) in [5, 5.41) is 0. The van der Waals surface area contributed by atoms with Gasteiger partial charge in [0.1, 0.15) is 5.82 Å². The van der Waals surface area contributed by atoms with E-state index in [1.54, 1.807) is 25.1 Å². The number of likely N-dealkylation sites (tertiary alicyclic amines) is 1. The molecule has 0 aliphatic carbocycles. The van der Waals surface area contributed by atoms with Gasteiger partial charge in [0.2, 0.25) is 0 Å². The van der Waals surface area contributed by atoms with Crippen LogP contribution in [-0.2, 0) is 9.59 Å². The topological polar surface area (TPSA) is 91.4 Å². The number of benzene rings is 1. The first-order chi connectivity index (χ1) is 13.9. The van der Waals surface area contributed by atoms with Crippen LogP contribution in [0.4, 0.5) is 4.39 Å². The molecular formula is C21H23FN4O3. The summed E-state index contributed by atoms with van der Waals surface area (Å²) in [6.45, 7) is 4.08. The van der Waals surface area contributed by atoms with Crippen LogP contribution >= 0.6 is 0 Å². The van der Waals surface area contributed by atoms with Gasteiger partial charge in [-0.25, -0.2) is 4.39 Å². The Bertz CT molecular complexity index is 919. The molecule has 0 bridgehead atoms. The van der Waals surface area contributed by atoms with Crippen molar-refractivity contribution in [3.8, 4) is 0 Å². The molecule has 0 saturated carbocycles. The molecule has 1 aromatic carbocycles. The zero-order chi connectivity index (χ0) is 21.0. The Balaban J connectivity index is 1.70. The van der Waals surface area contributed by atoms with E-state index in [1.165, 1.54) is 29.4 Å². The van der Waals surface area contributed by atoms with Crippen LogP contribution in [0.15, 0.2) is 42.7 Å². The molecule has 1 fully saturated rings. The molecule has 2 heterocycles. The summed E-state index contributed by atoms with van der Waals surface area (Å²) in [5.41, 5.74) is 5.93. The van der Waals surface area contributed by atoms with E-state index in [1.807, 2.05) is 6.92 Å². The van der Waals surface area contributed by atoms with Gasteiger partial charge in [0.25, 0.3) is 5.91 Å². The Morgan fingerprint density at radius 2 is 1.97 bits per heavy atom.